The fourth-order valence-corrected chi connectivity index (χ4v) is 1.79. The fraction of sp³-hybridized carbons (Fsp3) is 0.133. The van der Waals surface area contributed by atoms with Crippen molar-refractivity contribution in [1.29, 1.82) is 0 Å². The van der Waals surface area contributed by atoms with Crippen molar-refractivity contribution in [2.24, 2.45) is 0 Å². The van der Waals surface area contributed by atoms with Crippen LogP contribution in [-0.4, -0.2) is 17.7 Å². The molecule has 2 aromatic carbocycles. The highest BCUT2D eigenvalue weighted by molar-refractivity contribution is 5.89. The summed E-state index contributed by atoms with van der Waals surface area (Å²) in [5.74, 6) is -1.50. The Balaban J connectivity index is 2.02. The first kappa shape index (κ1) is 14.0. The second-order valence-corrected chi connectivity index (χ2v) is 4.16. The zero-order valence-corrected chi connectivity index (χ0v) is 10.5. The van der Waals surface area contributed by atoms with Crippen LogP contribution in [0.3, 0.4) is 0 Å². The third-order valence-electron chi connectivity index (χ3n) is 2.75. The zero-order chi connectivity index (χ0) is 14.5. The van der Waals surface area contributed by atoms with Crippen LogP contribution in [0.4, 0.5) is 8.78 Å². The molecule has 2 aromatic rings. The van der Waals surface area contributed by atoms with Crippen molar-refractivity contribution in [2.45, 2.75) is 6.42 Å². The van der Waals surface area contributed by atoms with Crippen LogP contribution in [0.1, 0.15) is 15.9 Å². The highest BCUT2D eigenvalue weighted by atomic mass is 19.1. The second-order valence-electron chi connectivity index (χ2n) is 4.16. The van der Waals surface area contributed by atoms with Gasteiger partial charge in [-0.05, 0) is 48.0 Å². The first-order chi connectivity index (χ1) is 9.56. The smallest absolute Gasteiger partial charge is 0.335 e. The number of carboxylic acids is 1. The summed E-state index contributed by atoms with van der Waals surface area (Å²) in [6.07, 6.45) is 0.247. The average Bonchev–Trinajstić information content (AvgIpc) is 2.41. The number of halogens is 2. The molecule has 0 atom stereocenters. The van der Waals surface area contributed by atoms with Crippen molar-refractivity contribution in [3.8, 4) is 5.75 Å². The minimum atomic E-state index is -1.11. The molecular formula is C15H12F2O3. The Bertz CT molecular complexity index is 609. The van der Waals surface area contributed by atoms with Crippen LogP contribution in [0.2, 0.25) is 0 Å². The number of benzene rings is 2. The highest BCUT2D eigenvalue weighted by Crippen LogP contribution is 2.15. The highest BCUT2D eigenvalue weighted by Gasteiger charge is 2.10. The molecule has 0 aliphatic heterocycles. The van der Waals surface area contributed by atoms with Crippen molar-refractivity contribution in [3.63, 3.8) is 0 Å². The Morgan fingerprint density at radius 1 is 1.05 bits per heavy atom. The molecule has 0 bridgehead atoms. The van der Waals surface area contributed by atoms with Crippen LogP contribution in [0.15, 0.2) is 42.5 Å². The lowest BCUT2D eigenvalue weighted by Gasteiger charge is -2.08. The minimum Gasteiger partial charge on any atom is -0.493 e. The minimum absolute atomic E-state index is 0.0501. The largest absolute Gasteiger partial charge is 0.493 e. The van der Waals surface area contributed by atoms with E-state index in [1.165, 1.54) is 36.4 Å². The molecule has 0 saturated carbocycles. The maximum absolute atomic E-state index is 13.1. The van der Waals surface area contributed by atoms with E-state index in [9.17, 15) is 13.6 Å². The molecule has 0 saturated heterocycles. The van der Waals surface area contributed by atoms with Gasteiger partial charge in [0.1, 0.15) is 17.4 Å². The van der Waals surface area contributed by atoms with Gasteiger partial charge in [0.15, 0.2) is 0 Å². The molecule has 0 fully saturated rings. The first-order valence-electron chi connectivity index (χ1n) is 5.96. The van der Waals surface area contributed by atoms with Gasteiger partial charge in [-0.3, -0.25) is 0 Å². The zero-order valence-electron chi connectivity index (χ0n) is 10.5. The molecular weight excluding hydrogens is 266 g/mol. The van der Waals surface area contributed by atoms with Crippen molar-refractivity contribution >= 4 is 5.97 Å². The van der Waals surface area contributed by atoms with Crippen LogP contribution < -0.4 is 4.74 Å². The lowest BCUT2D eigenvalue weighted by atomic mass is 10.0. The Hall–Kier alpha value is -2.43. The number of hydrogen-bond acceptors (Lipinski definition) is 2. The molecule has 5 heteroatoms. The van der Waals surface area contributed by atoms with Gasteiger partial charge in [-0.25, -0.2) is 13.6 Å². The van der Waals surface area contributed by atoms with Gasteiger partial charge in [-0.2, -0.15) is 0 Å². The Morgan fingerprint density at radius 2 is 1.70 bits per heavy atom. The van der Waals surface area contributed by atoms with E-state index in [0.29, 0.717) is 11.3 Å². The summed E-state index contributed by atoms with van der Waals surface area (Å²) in [4.78, 5) is 11.0. The van der Waals surface area contributed by atoms with Crippen molar-refractivity contribution < 1.29 is 23.4 Å². The summed E-state index contributed by atoms with van der Waals surface area (Å²) in [5, 5.41) is 9.00. The predicted molar refractivity (Wildman–Crippen MR) is 69.0 cm³/mol. The van der Waals surface area contributed by atoms with E-state index < -0.39 is 11.8 Å². The van der Waals surface area contributed by atoms with Gasteiger partial charge in [0.05, 0.1) is 12.2 Å². The van der Waals surface area contributed by atoms with Crippen LogP contribution in [0, 0.1) is 11.6 Å². The van der Waals surface area contributed by atoms with Gasteiger partial charge in [-0.1, -0.05) is 0 Å². The second kappa shape index (κ2) is 6.14. The van der Waals surface area contributed by atoms with Crippen molar-refractivity contribution in [2.75, 3.05) is 6.61 Å². The molecule has 0 aromatic heterocycles. The van der Waals surface area contributed by atoms with E-state index in [1.807, 2.05) is 0 Å². The van der Waals surface area contributed by atoms with Crippen LogP contribution in [0.25, 0.3) is 0 Å². The lowest BCUT2D eigenvalue weighted by molar-refractivity contribution is 0.0695. The number of carboxylic acid groups (broad SMARTS) is 1. The predicted octanol–water partition coefficient (Wildman–Crippen LogP) is 3.28. The third kappa shape index (κ3) is 3.54. The monoisotopic (exact) mass is 278 g/mol. The molecule has 0 unspecified atom stereocenters. The maximum Gasteiger partial charge on any atom is 0.335 e. The molecule has 0 radical (unpaired) electrons. The molecule has 0 amide bonds. The summed E-state index contributed by atoms with van der Waals surface area (Å²) >= 11 is 0. The van der Waals surface area contributed by atoms with Gasteiger partial charge in [0.25, 0.3) is 0 Å². The van der Waals surface area contributed by atoms with E-state index in [1.54, 1.807) is 0 Å². The topological polar surface area (TPSA) is 46.5 Å². The molecule has 0 heterocycles. The molecule has 0 spiro atoms. The van der Waals surface area contributed by atoms with E-state index >= 15 is 0 Å². The quantitative estimate of drug-likeness (QED) is 0.913. The fourth-order valence-electron chi connectivity index (χ4n) is 1.79. The Kier molecular flexibility index (Phi) is 4.30. The number of aromatic carboxylic acids is 1. The van der Waals surface area contributed by atoms with Gasteiger partial charge in [0, 0.05) is 6.42 Å². The van der Waals surface area contributed by atoms with E-state index in [2.05, 4.69) is 0 Å². The molecule has 20 heavy (non-hydrogen) atoms. The molecule has 2 rings (SSSR count). The van der Waals surface area contributed by atoms with E-state index in [4.69, 9.17) is 9.84 Å². The average molecular weight is 278 g/mol. The number of carbonyl (C=O) groups is 1. The Labute approximate surface area is 114 Å². The van der Waals surface area contributed by atoms with E-state index in [0.717, 1.165) is 6.07 Å². The van der Waals surface area contributed by atoms with Gasteiger partial charge < -0.3 is 9.84 Å². The van der Waals surface area contributed by atoms with Crippen LogP contribution >= 0.6 is 0 Å². The molecule has 0 aliphatic carbocycles. The van der Waals surface area contributed by atoms with Gasteiger partial charge in [-0.15, -0.1) is 0 Å². The Morgan fingerprint density at radius 3 is 2.35 bits per heavy atom. The van der Waals surface area contributed by atoms with Crippen LogP contribution in [0.5, 0.6) is 5.75 Å². The lowest BCUT2D eigenvalue weighted by Crippen LogP contribution is -2.08. The summed E-state index contributed by atoms with van der Waals surface area (Å²) in [6.45, 7) is 0.176. The van der Waals surface area contributed by atoms with Crippen molar-refractivity contribution in [1.82, 2.24) is 0 Å². The molecule has 0 aliphatic rings. The van der Waals surface area contributed by atoms with Gasteiger partial charge >= 0.3 is 5.97 Å². The van der Waals surface area contributed by atoms with Gasteiger partial charge in [0.2, 0.25) is 0 Å². The number of rotatable bonds is 5. The normalized spacial score (nSPS) is 10.3. The van der Waals surface area contributed by atoms with Crippen molar-refractivity contribution in [3.05, 3.63) is 65.2 Å². The summed E-state index contributed by atoms with van der Waals surface area (Å²) in [7, 11) is 0. The third-order valence-corrected chi connectivity index (χ3v) is 2.75. The first-order valence-corrected chi connectivity index (χ1v) is 5.96. The number of ether oxygens (including phenoxy) is 1. The van der Waals surface area contributed by atoms with Crippen LogP contribution in [-0.2, 0) is 6.42 Å². The standard InChI is InChI=1S/C15H12F2O3/c16-11-1-4-13(5-2-11)20-8-7-10-9-12(17)3-6-14(10)15(18)19/h1-6,9H,7-8H2,(H,18,19). The SMILES string of the molecule is O=C(O)c1ccc(F)cc1CCOc1ccc(F)cc1. The summed E-state index contributed by atoms with van der Waals surface area (Å²) in [5.41, 5.74) is 0.411. The summed E-state index contributed by atoms with van der Waals surface area (Å²) in [6, 6.07) is 8.98. The molecule has 104 valence electrons. The maximum atomic E-state index is 13.1. The summed E-state index contributed by atoms with van der Waals surface area (Å²) < 4.78 is 31.2. The van der Waals surface area contributed by atoms with E-state index in [-0.39, 0.29) is 24.4 Å². The molecule has 1 N–H and O–H groups in total. The number of hydrogen-bond donors (Lipinski definition) is 1. The molecule has 3 nitrogen and oxygen atoms in total.